The van der Waals surface area contributed by atoms with Crippen LogP contribution in [-0.2, 0) is 19.1 Å². The molecule has 0 aliphatic rings. The Morgan fingerprint density at radius 1 is 1.04 bits per heavy atom. The van der Waals surface area contributed by atoms with Crippen molar-refractivity contribution in [2.24, 2.45) is 0 Å². The molecular formula is C18H18N2O4. The molecule has 0 unspecified atom stereocenters. The Kier molecular flexibility index (Phi) is 5.68. The van der Waals surface area contributed by atoms with Gasteiger partial charge in [0.15, 0.2) is 0 Å². The highest BCUT2D eigenvalue weighted by molar-refractivity contribution is 5.92. The van der Waals surface area contributed by atoms with Crippen LogP contribution in [0.1, 0.15) is 16.8 Å². The van der Waals surface area contributed by atoms with Crippen molar-refractivity contribution >= 4 is 24.1 Å². The Hall–Kier alpha value is -3.15. The first-order valence-corrected chi connectivity index (χ1v) is 7.22. The summed E-state index contributed by atoms with van der Waals surface area (Å²) in [5, 5.41) is 7.17. The molecule has 1 aromatic heterocycles. The van der Waals surface area contributed by atoms with E-state index in [4.69, 9.17) is 0 Å². The minimum Gasteiger partial charge on any atom is -0.466 e. The van der Waals surface area contributed by atoms with Crippen LogP contribution in [0.5, 0.6) is 0 Å². The smallest absolute Gasteiger partial charge is 0.330 e. The number of carbonyl (C=O) groups excluding carboxylic acids is 2. The number of carbonyl (C=O) groups is 2. The fraction of sp³-hybridized carbons (Fsp3) is 0.167. The van der Waals surface area contributed by atoms with Gasteiger partial charge in [0.2, 0.25) is 0 Å². The van der Waals surface area contributed by atoms with Gasteiger partial charge >= 0.3 is 11.9 Å². The molecule has 2 aromatic rings. The molecule has 0 radical (unpaired) electrons. The van der Waals surface area contributed by atoms with Gasteiger partial charge in [0, 0.05) is 23.4 Å². The van der Waals surface area contributed by atoms with E-state index in [2.05, 4.69) is 19.7 Å². The number of ether oxygens (including phenoxy) is 2. The van der Waals surface area contributed by atoms with Crippen LogP contribution in [-0.4, -0.2) is 36.4 Å². The number of aromatic amines is 1. The molecule has 0 amide bonds. The van der Waals surface area contributed by atoms with Crippen LogP contribution in [0.3, 0.4) is 0 Å². The zero-order chi connectivity index (χ0) is 17.5. The maximum absolute atomic E-state index is 11.4. The summed E-state index contributed by atoms with van der Waals surface area (Å²) in [5.41, 5.74) is 3.96. The number of hydrogen-bond acceptors (Lipinski definition) is 5. The van der Waals surface area contributed by atoms with E-state index in [1.54, 1.807) is 12.2 Å². The first-order valence-electron chi connectivity index (χ1n) is 7.22. The topological polar surface area (TPSA) is 81.3 Å². The minimum atomic E-state index is -0.449. The highest BCUT2D eigenvalue weighted by atomic mass is 16.5. The third-order valence-electron chi connectivity index (χ3n) is 3.29. The lowest BCUT2D eigenvalue weighted by Crippen LogP contribution is -1.96. The summed E-state index contributed by atoms with van der Waals surface area (Å²) in [6.45, 7) is 1.90. The third-order valence-corrected chi connectivity index (χ3v) is 3.29. The van der Waals surface area contributed by atoms with Gasteiger partial charge in [-0.1, -0.05) is 18.2 Å². The Balaban J connectivity index is 2.54. The molecule has 1 N–H and O–H groups in total. The van der Waals surface area contributed by atoms with Gasteiger partial charge in [0.25, 0.3) is 0 Å². The van der Waals surface area contributed by atoms with Crippen molar-refractivity contribution in [2.45, 2.75) is 6.92 Å². The summed E-state index contributed by atoms with van der Waals surface area (Å²) < 4.78 is 9.25. The van der Waals surface area contributed by atoms with E-state index in [9.17, 15) is 9.59 Å². The van der Waals surface area contributed by atoms with Crippen molar-refractivity contribution in [3.8, 4) is 11.3 Å². The van der Waals surface area contributed by atoms with Crippen molar-refractivity contribution in [3.63, 3.8) is 0 Å². The number of hydrogen-bond donors (Lipinski definition) is 1. The highest BCUT2D eigenvalue weighted by Gasteiger charge is 2.11. The number of nitrogens with one attached hydrogen (secondary N) is 1. The first-order chi connectivity index (χ1) is 11.5. The van der Waals surface area contributed by atoms with E-state index in [0.717, 1.165) is 22.4 Å². The Morgan fingerprint density at radius 2 is 1.58 bits per heavy atom. The molecule has 0 aliphatic heterocycles. The molecule has 1 aromatic carbocycles. The quantitative estimate of drug-likeness (QED) is 0.675. The van der Waals surface area contributed by atoms with Crippen molar-refractivity contribution in [2.75, 3.05) is 14.2 Å². The average Bonchev–Trinajstić information content (AvgIpc) is 3.03. The fourth-order valence-electron chi connectivity index (χ4n) is 2.16. The standard InChI is InChI=1S/C18H18N2O4/c1-12-11-15(20-19-12)18-13(7-9-16(21)23-2)5-4-6-14(18)8-10-17(22)24-3/h4-11H,1-3H3,(H,19,20)/b9-7+,10-8+. The van der Waals surface area contributed by atoms with Gasteiger partial charge in [-0.3, -0.25) is 5.10 Å². The zero-order valence-corrected chi connectivity index (χ0v) is 13.7. The first kappa shape index (κ1) is 17.2. The monoisotopic (exact) mass is 326 g/mol. The van der Waals surface area contributed by atoms with Gasteiger partial charge in [-0.2, -0.15) is 5.10 Å². The second-order valence-corrected chi connectivity index (χ2v) is 4.96. The highest BCUT2D eigenvalue weighted by Crippen LogP contribution is 2.29. The number of methoxy groups -OCH3 is 2. The van der Waals surface area contributed by atoms with Crippen LogP contribution < -0.4 is 0 Å². The van der Waals surface area contributed by atoms with Gasteiger partial charge in [-0.15, -0.1) is 0 Å². The van der Waals surface area contributed by atoms with Gasteiger partial charge < -0.3 is 9.47 Å². The van der Waals surface area contributed by atoms with Crippen molar-refractivity contribution < 1.29 is 19.1 Å². The van der Waals surface area contributed by atoms with Crippen LogP contribution in [0.4, 0.5) is 0 Å². The van der Waals surface area contributed by atoms with Crippen molar-refractivity contribution in [1.82, 2.24) is 10.2 Å². The molecule has 0 spiro atoms. The second-order valence-electron chi connectivity index (χ2n) is 4.96. The molecule has 0 bridgehead atoms. The van der Waals surface area contributed by atoms with E-state index in [0.29, 0.717) is 5.69 Å². The second kappa shape index (κ2) is 7.92. The molecule has 124 valence electrons. The van der Waals surface area contributed by atoms with E-state index >= 15 is 0 Å². The molecule has 0 saturated carbocycles. The van der Waals surface area contributed by atoms with Gasteiger partial charge in [0.05, 0.1) is 19.9 Å². The molecule has 6 nitrogen and oxygen atoms in total. The summed E-state index contributed by atoms with van der Waals surface area (Å²) in [6, 6.07) is 7.43. The SMILES string of the molecule is COC(=O)/C=C/c1cccc(/C=C/C(=O)OC)c1-c1cc(C)[nH]n1. The Bertz CT molecular complexity index is 759. The largest absolute Gasteiger partial charge is 0.466 e. The number of aryl methyl sites for hydroxylation is 1. The van der Waals surface area contributed by atoms with Gasteiger partial charge in [-0.05, 0) is 36.3 Å². The maximum atomic E-state index is 11.4. The molecule has 6 heteroatoms. The maximum Gasteiger partial charge on any atom is 0.330 e. The van der Waals surface area contributed by atoms with Crippen molar-refractivity contribution in [1.29, 1.82) is 0 Å². The van der Waals surface area contributed by atoms with Crippen LogP contribution in [0.15, 0.2) is 36.4 Å². The number of esters is 2. The Morgan fingerprint density at radius 3 is 2.00 bits per heavy atom. The molecule has 2 rings (SSSR count). The lowest BCUT2D eigenvalue weighted by atomic mass is 9.97. The lowest BCUT2D eigenvalue weighted by molar-refractivity contribution is -0.135. The normalized spacial score (nSPS) is 11.1. The van der Waals surface area contributed by atoms with Crippen LogP contribution >= 0.6 is 0 Å². The molecule has 24 heavy (non-hydrogen) atoms. The van der Waals surface area contributed by atoms with Gasteiger partial charge in [-0.25, -0.2) is 9.59 Å². The fourth-order valence-corrected chi connectivity index (χ4v) is 2.16. The number of rotatable bonds is 5. The van der Waals surface area contributed by atoms with Crippen molar-refractivity contribution in [3.05, 3.63) is 53.2 Å². The molecule has 0 aliphatic carbocycles. The molecule has 0 saturated heterocycles. The molecule has 0 fully saturated rings. The number of nitrogens with zero attached hydrogens (tertiary/aromatic N) is 1. The number of aromatic nitrogens is 2. The predicted molar refractivity (Wildman–Crippen MR) is 90.9 cm³/mol. The van der Waals surface area contributed by atoms with E-state index in [-0.39, 0.29) is 0 Å². The van der Waals surface area contributed by atoms with E-state index in [1.807, 2.05) is 31.2 Å². The number of H-pyrrole nitrogens is 1. The molecule has 0 atom stereocenters. The van der Waals surface area contributed by atoms with Gasteiger partial charge in [0.1, 0.15) is 0 Å². The van der Waals surface area contributed by atoms with Crippen LogP contribution in [0.25, 0.3) is 23.4 Å². The van der Waals surface area contributed by atoms with E-state index < -0.39 is 11.9 Å². The predicted octanol–water partition coefficient (Wildman–Crippen LogP) is 2.76. The van der Waals surface area contributed by atoms with E-state index in [1.165, 1.54) is 26.4 Å². The summed E-state index contributed by atoms with van der Waals surface area (Å²) in [6.07, 6.45) is 5.99. The summed E-state index contributed by atoms with van der Waals surface area (Å²) in [5.74, 6) is -0.899. The Labute approximate surface area is 139 Å². The van der Waals surface area contributed by atoms with Crippen LogP contribution in [0.2, 0.25) is 0 Å². The third kappa shape index (κ3) is 4.19. The molecular weight excluding hydrogens is 308 g/mol. The summed E-state index contributed by atoms with van der Waals surface area (Å²) in [4.78, 5) is 22.7. The lowest BCUT2D eigenvalue weighted by Gasteiger charge is -2.08. The minimum absolute atomic E-state index is 0.449. The summed E-state index contributed by atoms with van der Waals surface area (Å²) in [7, 11) is 2.64. The molecule has 1 heterocycles. The average molecular weight is 326 g/mol. The zero-order valence-electron chi connectivity index (χ0n) is 13.7. The summed E-state index contributed by atoms with van der Waals surface area (Å²) >= 11 is 0. The number of benzene rings is 1. The van der Waals surface area contributed by atoms with Crippen LogP contribution in [0, 0.1) is 6.92 Å².